The molecule has 0 aliphatic rings. The van der Waals surface area contributed by atoms with Crippen LogP contribution in [-0.2, 0) is 13.1 Å². The second-order valence-electron chi connectivity index (χ2n) is 5.81. The number of carbonyl (C=O) groups excluding carboxylic acids is 1. The van der Waals surface area contributed by atoms with Gasteiger partial charge in [0.25, 0.3) is 5.91 Å². The molecular formula is C20H20N4O. The molecule has 2 aromatic carbocycles. The maximum atomic E-state index is 12.1. The first kappa shape index (κ1) is 16.6. The number of amides is 1. The third-order valence-electron chi connectivity index (χ3n) is 3.74. The van der Waals surface area contributed by atoms with Crippen molar-refractivity contribution in [2.75, 3.05) is 5.32 Å². The molecule has 3 rings (SSSR count). The molecule has 2 N–H and O–H groups in total. The number of benzene rings is 2. The van der Waals surface area contributed by atoms with Gasteiger partial charge in [-0.05, 0) is 18.1 Å². The highest BCUT2D eigenvalue weighted by Crippen LogP contribution is 2.07. The number of aryl methyl sites for hydroxylation is 1. The number of anilines is 1. The molecule has 0 radical (unpaired) electrons. The summed E-state index contributed by atoms with van der Waals surface area (Å²) in [7, 11) is 0. The third-order valence-corrected chi connectivity index (χ3v) is 3.74. The zero-order valence-electron chi connectivity index (χ0n) is 14.1. The summed E-state index contributed by atoms with van der Waals surface area (Å²) >= 11 is 0. The van der Waals surface area contributed by atoms with Crippen LogP contribution in [0.1, 0.15) is 27.0 Å². The van der Waals surface area contributed by atoms with Crippen LogP contribution < -0.4 is 10.6 Å². The molecule has 126 valence electrons. The summed E-state index contributed by atoms with van der Waals surface area (Å²) in [6, 6.07) is 18.0. The van der Waals surface area contributed by atoms with E-state index in [9.17, 15) is 4.79 Å². The van der Waals surface area contributed by atoms with E-state index in [-0.39, 0.29) is 5.91 Å². The molecule has 5 nitrogen and oxygen atoms in total. The normalized spacial score (nSPS) is 10.3. The molecule has 0 bridgehead atoms. The minimum Gasteiger partial charge on any atom is -0.350 e. The molecule has 0 unspecified atom stereocenters. The van der Waals surface area contributed by atoms with Crippen molar-refractivity contribution in [2.45, 2.75) is 20.0 Å². The molecular weight excluding hydrogens is 312 g/mol. The lowest BCUT2D eigenvalue weighted by atomic mass is 10.1. The summed E-state index contributed by atoms with van der Waals surface area (Å²) in [5.41, 5.74) is 3.86. The molecule has 0 aliphatic heterocycles. The van der Waals surface area contributed by atoms with E-state index in [1.165, 1.54) is 18.0 Å². The maximum Gasteiger partial charge on any atom is 0.254 e. The van der Waals surface area contributed by atoms with E-state index in [4.69, 9.17) is 0 Å². The van der Waals surface area contributed by atoms with Crippen LogP contribution in [0, 0.1) is 6.92 Å². The number of rotatable bonds is 6. The van der Waals surface area contributed by atoms with E-state index in [1.807, 2.05) is 42.5 Å². The predicted molar refractivity (Wildman–Crippen MR) is 98.1 cm³/mol. The Morgan fingerprint density at radius 1 is 0.920 bits per heavy atom. The molecule has 0 atom stereocenters. The number of aromatic nitrogens is 2. The topological polar surface area (TPSA) is 66.9 Å². The molecule has 0 spiro atoms. The summed E-state index contributed by atoms with van der Waals surface area (Å²) in [6.07, 6.45) is 3.07. The highest BCUT2D eigenvalue weighted by molar-refractivity contribution is 5.93. The van der Waals surface area contributed by atoms with Gasteiger partial charge in [-0.2, -0.15) is 0 Å². The Kier molecular flexibility index (Phi) is 5.36. The summed E-state index contributed by atoms with van der Waals surface area (Å²) < 4.78 is 0. The molecule has 1 aromatic heterocycles. The third kappa shape index (κ3) is 4.88. The van der Waals surface area contributed by atoms with Gasteiger partial charge in [0, 0.05) is 25.5 Å². The van der Waals surface area contributed by atoms with E-state index in [1.54, 1.807) is 0 Å². The Bertz CT molecular complexity index is 832. The van der Waals surface area contributed by atoms with E-state index < -0.39 is 0 Å². The zero-order valence-corrected chi connectivity index (χ0v) is 14.1. The van der Waals surface area contributed by atoms with Gasteiger partial charge < -0.3 is 10.6 Å². The average Bonchev–Trinajstić information content (AvgIpc) is 2.66. The standard InChI is InChI=1S/C20H20N4O/c1-15-6-5-9-17(10-15)12-22-20-23-13-18(14-24-20)19(25)21-11-16-7-3-2-4-8-16/h2-10,13-14H,11-12H2,1H3,(H,21,25)(H,22,23,24). The fraction of sp³-hybridized carbons (Fsp3) is 0.150. The average molecular weight is 332 g/mol. The summed E-state index contributed by atoms with van der Waals surface area (Å²) in [5, 5.41) is 6.02. The van der Waals surface area contributed by atoms with E-state index in [0.29, 0.717) is 24.6 Å². The van der Waals surface area contributed by atoms with E-state index in [0.717, 1.165) is 11.1 Å². The second-order valence-corrected chi connectivity index (χ2v) is 5.81. The Labute approximate surface area is 147 Å². The van der Waals surface area contributed by atoms with Gasteiger partial charge >= 0.3 is 0 Å². The predicted octanol–water partition coefficient (Wildman–Crippen LogP) is 3.33. The molecule has 1 heterocycles. The Morgan fingerprint density at radius 3 is 2.36 bits per heavy atom. The molecule has 0 fully saturated rings. The smallest absolute Gasteiger partial charge is 0.254 e. The van der Waals surface area contributed by atoms with Crippen LogP contribution in [0.2, 0.25) is 0 Å². The summed E-state index contributed by atoms with van der Waals surface area (Å²) in [6.45, 7) is 3.18. The number of carbonyl (C=O) groups is 1. The van der Waals surface area contributed by atoms with E-state index in [2.05, 4.69) is 39.7 Å². The van der Waals surface area contributed by atoms with Crippen LogP contribution >= 0.6 is 0 Å². The molecule has 0 saturated heterocycles. The molecule has 3 aromatic rings. The second kappa shape index (κ2) is 8.06. The number of nitrogens with one attached hydrogen (secondary N) is 2. The van der Waals surface area contributed by atoms with Crippen LogP contribution in [0.15, 0.2) is 67.0 Å². The largest absolute Gasteiger partial charge is 0.350 e. The quantitative estimate of drug-likeness (QED) is 0.726. The van der Waals surface area contributed by atoms with Gasteiger partial charge in [0.05, 0.1) is 5.56 Å². The van der Waals surface area contributed by atoms with Crippen LogP contribution in [0.5, 0.6) is 0 Å². The number of nitrogens with zero attached hydrogens (tertiary/aromatic N) is 2. The first-order valence-corrected chi connectivity index (χ1v) is 8.14. The van der Waals surface area contributed by atoms with Crippen LogP contribution in [0.25, 0.3) is 0 Å². The lowest BCUT2D eigenvalue weighted by Crippen LogP contribution is -2.23. The van der Waals surface area contributed by atoms with Gasteiger partial charge in [0.2, 0.25) is 5.95 Å². The van der Waals surface area contributed by atoms with Gasteiger partial charge in [0.1, 0.15) is 0 Å². The van der Waals surface area contributed by atoms with Crippen molar-refractivity contribution in [3.05, 3.63) is 89.2 Å². The Balaban J connectivity index is 1.53. The van der Waals surface area contributed by atoms with E-state index >= 15 is 0 Å². The van der Waals surface area contributed by atoms with Gasteiger partial charge in [-0.15, -0.1) is 0 Å². The van der Waals surface area contributed by atoms with Gasteiger partial charge in [-0.1, -0.05) is 60.2 Å². The van der Waals surface area contributed by atoms with Crippen LogP contribution in [0.4, 0.5) is 5.95 Å². The highest BCUT2D eigenvalue weighted by Gasteiger charge is 2.07. The first-order valence-electron chi connectivity index (χ1n) is 8.14. The highest BCUT2D eigenvalue weighted by atomic mass is 16.1. The fourth-order valence-electron chi connectivity index (χ4n) is 2.42. The van der Waals surface area contributed by atoms with Crippen molar-refractivity contribution >= 4 is 11.9 Å². The summed E-state index contributed by atoms with van der Waals surface area (Å²) in [4.78, 5) is 20.6. The number of hydrogen-bond acceptors (Lipinski definition) is 4. The maximum absolute atomic E-state index is 12.1. The lowest BCUT2D eigenvalue weighted by Gasteiger charge is -2.07. The van der Waals surface area contributed by atoms with Crippen molar-refractivity contribution in [3.8, 4) is 0 Å². The minimum absolute atomic E-state index is 0.186. The molecule has 1 amide bonds. The molecule has 25 heavy (non-hydrogen) atoms. The van der Waals surface area contributed by atoms with Crippen molar-refractivity contribution < 1.29 is 4.79 Å². The van der Waals surface area contributed by atoms with Crippen LogP contribution in [0.3, 0.4) is 0 Å². The van der Waals surface area contributed by atoms with Crippen molar-refractivity contribution in [1.29, 1.82) is 0 Å². The zero-order chi connectivity index (χ0) is 17.5. The van der Waals surface area contributed by atoms with Crippen molar-refractivity contribution in [3.63, 3.8) is 0 Å². The monoisotopic (exact) mass is 332 g/mol. The Morgan fingerprint density at radius 2 is 1.64 bits per heavy atom. The van der Waals surface area contributed by atoms with Crippen molar-refractivity contribution in [2.24, 2.45) is 0 Å². The van der Waals surface area contributed by atoms with Crippen LogP contribution in [-0.4, -0.2) is 15.9 Å². The Hall–Kier alpha value is -3.21. The molecule has 0 aliphatic carbocycles. The SMILES string of the molecule is Cc1cccc(CNc2ncc(C(=O)NCc3ccccc3)cn2)c1. The van der Waals surface area contributed by atoms with Crippen molar-refractivity contribution in [1.82, 2.24) is 15.3 Å². The van der Waals surface area contributed by atoms with Gasteiger partial charge in [0.15, 0.2) is 0 Å². The lowest BCUT2D eigenvalue weighted by molar-refractivity contribution is 0.0950. The summed E-state index contributed by atoms with van der Waals surface area (Å²) in [5.74, 6) is 0.315. The minimum atomic E-state index is -0.186. The van der Waals surface area contributed by atoms with Gasteiger partial charge in [-0.25, -0.2) is 9.97 Å². The number of hydrogen-bond donors (Lipinski definition) is 2. The molecule has 5 heteroatoms. The fourth-order valence-corrected chi connectivity index (χ4v) is 2.42. The molecule has 0 saturated carbocycles. The van der Waals surface area contributed by atoms with Gasteiger partial charge in [-0.3, -0.25) is 4.79 Å². The first-order chi connectivity index (χ1) is 12.2.